The van der Waals surface area contributed by atoms with Crippen molar-refractivity contribution >= 4 is 6.03 Å². The van der Waals surface area contributed by atoms with Crippen LogP contribution in [-0.4, -0.2) is 55.5 Å². The molecular weight excluding hydrogens is 298 g/mol. The van der Waals surface area contributed by atoms with Gasteiger partial charge in [0, 0.05) is 32.0 Å². The van der Waals surface area contributed by atoms with Crippen molar-refractivity contribution in [3.05, 3.63) is 24.4 Å². The third kappa shape index (κ3) is 5.04. The van der Waals surface area contributed by atoms with Gasteiger partial charge in [0.25, 0.3) is 0 Å². The first kappa shape index (κ1) is 16.9. The fourth-order valence-electron chi connectivity index (χ4n) is 1.95. The van der Waals surface area contributed by atoms with Crippen LogP contribution < -0.4 is 5.32 Å². The van der Waals surface area contributed by atoms with Crippen LogP contribution in [0.4, 0.5) is 4.79 Å². The first-order chi connectivity index (χ1) is 11.0. The zero-order valence-corrected chi connectivity index (χ0v) is 13.9. The maximum Gasteiger partial charge on any atom is 0.317 e. The third-order valence-electron chi connectivity index (χ3n) is 3.29. The number of carbonyl (C=O) groups is 1. The van der Waals surface area contributed by atoms with E-state index in [2.05, 4.69) is 25.5 Å². The Morgan fingerprint density at radius 1 is 1.43 bits per heavy atom. The van der Waals surface area contributed by atoms with Gasteiger partial charge in [-0.25, -0.2) is 9.78 Å². The first-order valence-corrected chi connectivity index (χ1v) is 7.62. The van der Waals surface area contributed by atoms with Gasteiger partial charge in [0.15, 0.2) is 5.82 Å². The molecule has 0 aliphatic heterocycles. The number of hydrogen-bond acceptors (Lipinski definition) is 6. The maximum absolute atomic E-state index is 12.1. The molecule has 9 nitrogen and oxygen atoms in total. The van der Waals surface area contributed by atoms with E-state index in [0.717, 1.165) is 0 Å². The molecule has 0 radical (unpaired) electrons. The van der Waals surface area contributed by atoms with E-state index in [1.165, 1.54) is 6.33 Å². The SMILES string of the molecule is CC(Cn1cncn1)NC(=O)N(C)CCc1noc(C(C)C)n1. The Labute approximate surface area is 135 Å². The molecule has 2 amide bonds. The van der Waals surface area contributed by atoms with Crippen molar-refractivity contribution in [1.29, 1.82) is 0 Å². The van der Waals surface area contributed by atoms with Crippen LogP contribution in [0.3, 0.4) is 0 Å². The standard InChI is InChI=1S/C14H23N7O2/c1-10(2)13-18-12(19-23-13)5-6-20(4)14(22)17-11(3)7-21-9-15-8-16-21/h8-11H,5-7H2,1-4H3,(H,17,22). The normalized spacial score (nSPS) is 12.4. The molecule has 126 valence electrons. The van der Waals surface area contributed by atoms with Crippen molar-refractivity contribution in [3.8, 4) is 0 Å². The molecule has 9 heteroatoms. The van der Waals surface area contributed by atoms with Crippen molar-refractivity contribution in [2.75, 3.05) is 13.6 Å². The lowest BCUT2D eigenvalue weighted by atomic mass is 10.2. The minimum atomic E-state index is -0.148. The summed E-state index contributed by atoms with van der Waals surface area (Å²) >= 11 is 0. The summed E-state index contributed by atoms with van der Waals surface area (Å²) in [6.07, 6.45) is 3.64. The van der Waals surface area contributed by atoms with E-state index in [9.17, 15) is 4.79 Å². The van der Waals surface area contributed by atoms with Crippen LogP contribution in [0.15, 0.2) is 17.2 Å². The number of nitrogens with zero attached hydrogens (tertiary/aromatic N) is 6. The molecule has 1 N–H and O–H groups in total. The Hall–Kier alpha value is -2.45. The maximum atomic E-state index is 12.1. The molecule has 0 saturated carbocycles. The highest BCUT2D eigenvalue weighted by atomic mass is 16.5. The van der Waals surface area contributed by atoms with Gasteiger partial charge in [-0.1, -0.05) is 19.0 Å². The quantitative estimate of drug-likeness (QED) is 0.818. The number of rotatable bonds is 7. The second-order valence-electron chi connectivity index (χ2n) is 5.84. The van der Waals surface area contributed by atoms with Crippen LogP contribution >= 0.6 is 0 Å². The monoisotopic (exact) mass is 321 g/mol. The summed E-state index contributed by atoms with van der Waals surface area (Å²) in [5, 5.41) is 10.8. The van der Waals surface area contributed by atoms with Crippen LogP contribution in [0.1, 0.15) is 38.4 Å². The average molecular weight is 321 g/mol. The molecule has 23 heavy (non-hydrogen) atoms. The van der Waals surface area contributed by atoms with Crippen LogP contribution in [0, 0.1) is 0 Å². The zero-order chi connectivity index (χ0) is 16.8. The third-order valence-corrected chi connectivity index (χ3v) is 3.29. The largest absolute Gasteiger partial charge is 0.339 e. The van der Waals surface area contributed by atoms with Gasteiger partial charge in [-0.2, -0.15) is 10.1 Å². The van der Waals surface area contributed by atoms with Crippen LogP contribution in [0.2, 0.25) is 0 Å². The molecule has 2 heterocycles. The molecule has 1 atom stereocenters. The smallest absolute Gasteiger partial charge is 0.317 e. The molecule has 2 rings (SSSR count). The number of nitrogens with one attached hydrogen (secondary N) is 1. The summed E-state index contributed by atoms with van der Waals surface area (Å²) in [6, 6.07) is -0.199. The van der Waals surface area contributed by atoms with Crippen LogP contribution in [0.25, 0.3) is 0 Å². The minimum absolute atomic E-state index is 0.0515. The van der Waals surface area contributed by atoms with E-state index in [4.69, 9.17) is 4.52 Å². The topological polar surface area (TPSA) is 102 Å². The van der Waals surface area contributed by atoms with E-state index in [0.29, 0.717) is 31.2 Å². The van der Waals surface area contributed by atoms with E-state index >= 15 is 0 Å². The Morgan fingerprint density at radius 3 is 2.83 bits per heavy atom. The van der Waals surface area contributed by atoms with Gasteiger partial charge in [0.05, 0.1) is 6.54 Å². The fourth-order valence-corrected chi connectivity index (χ4v) is 1.95. The van der Waals surface area contributed by atoms with Gasteiger partial charge in [-0.3, -0.25) is 4.68 Å². The lowest BCUT2D eigenvalue weighted by Crippen LogP contribution is -2.44. The van der Waals surface area contributed by atoms with Gasteiger partial charge in [0.1, 0.15) is 12.7 Å². The van der Waals surface area contributed by atoms with Gasteiger partial charge < -0.3 is 14.7 Å². The summed E-state index contributed by atoms with van der Waals surface area (Å²) in [5.41, 5.74) is 0. The Bertz CT molecular complexity index is 608. The molecule has 2 aromatic heterocycles. The van der Waals surface area contributed by atoms with Gasteiger partial charge in [-0.05, 0) is 6.92 Å². The molecule has 0 bridgehead atoms. The average Bonchev–Trinajstić information content (AvgIpc) is 3.15. The second-order valence-corrected chi connectivity index (χ2v) is 5.84. The van der Waals surface area contributed by atoms with Gasteiger partial charge in [-0.15, -0.1) is 0 Å². The molecular formula is C14H23N7O2. The van der Waals surface area contributed by atoms with E-state index in [1.807, 2.05) is 20.8 Å². The lowest BCUT2D eigenvalue weighted by Gasteiger charge is -2.20. The highest BCUT2D eigenvalue weighted by molar-refractivity contribution is 5.74. The number of likely N-dealkylation sites (N-methyl/N-ethyl adjacent to an activating group) is 1. The van der Waals surface area contributed by atoms with Crippen molar-refractivity contribution in [2.24, 2.45) is 0 Å². The summed E-state index contributed by atoms with van der Waals surface area (Å²) < 4.78 is 6.82. The van der Waals surface area contributed by atoms with Crippen molar-refractivity contribution < 1.29 is 9.32 Å². The minimum Gasteiger partial charge on any atom is -0.339 e. The number of hydrogen-bond donors (Lipinski definition) is 1. The molecule has 1 unspecified atom stereocenters. The molecule has 0 aromatic carbocycles. The van der Waals surface area contributed by atoms with Crippen LogP contribution in [-0.2, 0) is 13.0 Å². The fraction of sp³-hybridized carbons (Fsp3) is 0.643. The van der Waals surface area contributed by atoms with Gasteiger partial charge >= 0.3 is 6.03 Å². The van der Waals surface area contributed by atoms with Crippen molar-refractivity contribution in [1.82, 2.24) is 35.1 Å². The summed E-state index contributed by atoms with van der Waals surface area (Å²) in [6.45, 7) is 6.99. The summed E-state index contributed by atoms with van der Waals surface area (Å²) in [4.78, 5) is 21.9. The number of urea groups is 1. The molecule has 0 saturated heterocycles. The number of aromatic nitrogens is 5. The first-order valence-electron chi connectivity index (χ1n) is 7.62. The van der Waals surface area contributed by atoms with E-state index < -0.39 is 0 Å². The Balaban J connectivity index is 1.75. The number of amides is 2. The molecule has 0 aliphatic rings. The molecule has 0 spiro atoms. The van der Waals surface area contributed by atoms with Crippen molar-refractivity contribution in [3.63, 3.8) is 0 Å². The highest BCUT2D eigenvalue weighted by Gasteiger charge is 2.15. The Morgan fingerprint density at radius 2 is 2.22 bits per heavy atom. The van der Waals surface area contributed by atoms with E-state index in [-0.39, 0.29) is 18.0 Å². The Kier molecular flexibility index (Phi) is 5.67. The predicted molar refractivity (Wildman–Crippen MR) is 82.7 cm³/mol. The molecule has 0 fully saturated rings. The highest BCUT2D eigenvalue weighted by Crippen LogP contribution is 2.11. The van der Waals surface area contributed by atoms with Crippen molar-refractivity contribution in [2.45, 2.75) is 45.7 Å². The summed E-state index contributed by atoms with van der Waals surface area (Å²) in [5.74, 6) is 1.44. The predicted octanol–water partition coefficient (Wildman–Crippen LogP) is 1.06. The molecule has 0 aliphatic carbocycles. The molecule has 2 aromatic rings. The second kappa shape index (κ2) is 7.70. The lowest BCUT2D eigenvalue weighted by molar-refractivity contribution is 0.204. The summed E-state index contributed by atoms with van der Waals surface area (Å²) in [7, 11) is 1.74. The van der Waals surface area contributed by atoms with E-state index in [1.54, 1.807) is 23.0 Å². The van der Waals surface area contributed by atoms with Crippen LogP contribution in [0.5, 0.6) is 0 Å². The zero-order valence-electron chi connectivity index (χ0n) is 13.9. The van der Waals surface area contributed by atoms with Gasteiger partial charge in [0.2, 0.25) is 5.89 Å². The number of carbonyl (C=O) groups excluding carboxylic acids is 1.